The zero-order valence-corrected chi connectivity index (χ0v) is 14.5. The van der Waals surface area contributed by atoms with Crippen molar-refractivity contribution in [2.24, 2.45) is 5.73 Å². The smallest absolute Gasteiger partial charge is 0.312 e. The number of aryl methyl sites for hydroxylation is 1. The van der Waals surface area contributed by atoms with Gasteiger partial charge >= 0.3 is 6.03 Å². The number of nitrogens with two attached hydrogens (primary N) is 1. The minimum atomic E-state index is -0.534. The minimum absolute atomic E-state index is 0.00602. The highest BCUT2D eigenvalue weighted by molar-refractivity contribution is 5.77. The number of unbranched alkanes of at least 4 members (excludes halogenated alkanes) is 1. The Balaban J connectivity index is 1.98. The Bertz CT molecular complexity index is 684. The first-order valence-corrected chi connectivity index (χ1v) is 8.50. The number of carbonyl (C=O) groups excluding carboxylic acids is 2. The number of hydrogen-bond acceptors (Lipinski definition) is 2. The molecule has 5 nitrogen and oxygen atoms in total. The van der Waals surface area contributed by atoms with Gasteiger partial charge in [-0.25, -0.2) is 4.79 Å². The second kappa shape index (κ2) is 9.47. The molecule has 0 bridgehead atoms. The molecule has 25 heavy (non-hydrogen) atoms. The summed E-state index contributed by atoms with van der Waals surface area (Å²) in [7, 11) is 0. The van der Waals surface area contributed by atoms with Crippen molar-refractivity contribution < 1.29 is 9.59 Å². The van der Waals surface area contributed by atoms with E-state index in [-0.39, 0.29) is 11.9 Å². The van der Waals surface area contributed by atoms with Gasteiger partial charge in [-0.1, -0.05) is 60.2 Å². The molecule has 3 amide bonds. The number of urea groups is 1. The third-order valence-electron chi connectivity index (χ3n) is 3.98. The Morgan fingerprint density at radius 2 is 1.60 bits per heavy atom. The third-order valence-corrected chi connectivity index (χ3v) is 3.98. The van der Waals surface area contributed by atoms with Crippen LogP contribution in [-0.4, -0.2) is 18.5 Å². The zero-order valence-electron chi connectivity index (χ0n) is 14.5. The number of hydrogen-bond donors (Lipinski definition) is 3. The van der Waals surface area contributed by atoms with Gasteiger partial charge in [-0.3, -0.25) is 4.79 Å². The van der Waals surface area contributed by atoms with Crippen molar-refractivity contribution in [2.75, 3.05) is 6.54 Å². The van der Waals surface area contributed by atoms with Gasteiger partial charge in [0.2, 0.25) is 5.91 Å². The van der Waals surface area contributed by atoms with E-state index in [0.717, 1.165) is 17.5 Å². The molecule has 0 aliphatic rings. The molecule has 1 atom stereocenters. The Morgan fingerprint density at radius 3 is 2.24 bits per heavy atom. The maximum absolute atomic E-state index is 12.3. The average Bonchev–Trinajstić information content (AvgIpc) is 2.61. The van der Waals surface area contributed by atoms with Crippen molar-refractivity contribution in [3.63, 3.8) is 0 Å². The fourth-order valence-corrected chi connectivity index (χ4v) is 2.62. The van der Waals surface area contributed by atoms with E-state index in [0.29, 0.717) is 19.4 Å². The van der Waals surface area contributed by atoms with Gasteiger partial charge in [-0.15, -0.1) is 0 Å². The van der Waals surface area contributed by atoms with E-state index >= 15 is 0 Å². The molecular weight excluding hydrogens is 314 g/mol. The molecule has 2 rings (SSSR count). The molecule has 0 heterocycles. The number of amides is 3. The van der Waals surface area contributed by atoms with E-state index in [1.165, 1.54) is 5.56 Å². The maximum Gasteiger partial charge on any atom is 0.312 e. The average molecular weight is 339 g/mol. The highest BCUT2D eigenvalue weighted by atomic mass is 16.2. The summed E-state index contributed by atoms with van der Waals surface area (Å²) in [5.74, 6) is -0.00602. The zero-order chi connectivity index (χ0) is 18.1. The standard InChI is InChI=1S/C20H25N3O2/c1-15-10-12-17(13-11-15)19(16-7-3-2-4-8-16)23-18(24)9-5-6-14-22-20(21)25/h2-4,7-8,10-13,19H,5-6,9,14H2,1H3,(H,23,24)(H3,21,22,25). The monoisotopic (exact) mass is 339 g/mol. The van der Waals surface area contributed by atoms with Gasteiger partial charge in [0.15, 0.2) is 0 Å². The predicted molar refractivity (Wildman–Crippen MR) is 99.0 cm³/mol. The lowest BCUT2D eigenvalue weighted by Crippen LogP contribution is -2.31. The summed E-state index contributed by atoms with van der Waals surface area (Å²) < 4.78 is 0. The lowest BCUT2D eigenvalue weighted by atomic mass is 9.97. The van der Waals surface area contributed by atoms with Crippen LogP contribution in [0.2, 0.25) is 0 Å². The number of rotatable bonds is 8. The number of carbonyl (C=O) groups is 2. The highest BCUT2D eigenvalue weighted by Crippen LogP contribution is 2.22. The summed E-state index contributed by atoms with van der Waals surface area (Å²) in [4.78, 5) is 23.0. The summed E-state index contributed by atoms with van der Waals surface area (Å²) in [5.41, 5.74) is 8.30. The number of nitrogens with one attached hydrogen (secondary N) is 2. The molecule has 0 fully saturated rings. The van der Waals surface area contributed by atoms with Crippen LogP contribution in [0.3, 0.4) is 0 Å². The van der Waals surface area contributed by atoms with Crippen molar-refractivity contribution in [3.05, 3.63) is 71.3 Å². The maximum atomic E-state index is 12.3. The van der Waals surface area contributed by atoms with Crippen LogP contribution >= 0.6 is 0 Å². The molecule has 0 spiro atoms. The van der Waals surface area contributed by atoms with Crippen LogP contribution in [0.1, 0.15) is 42.0 Å². The highest BCUT2D eigenvalue weighted by Gasteiger charge is 2.16. The van der Waals surface area contributed by atoms with Crippen LogP contribution in [0.15, 0.2) is 54.6 Å². The van der Waals surface area contributed by atoms with E-state index in [4.69, 9.17) is 5.73 Å². The van der Waals surface area contributed by atoms with Gasteiger partial charge in [0.05, 0.1) is 6.04 Å². The van der Waals surface area contributed by atoms with Gasteiger partial charge in [0.1, 0.15) is 0 Å². The molecule has 132 valence electrons. The quantitative estimate of drug-likeness (QED) is 0.646. The first-order valence-electron chi connectivity index (χ1n) is 8.50. The van der Waals surface area contributed by atoms with Crippen LogP contribution in [0.5, 0.6) is 0 Å². The van der Waals surface area contributed by atoms with E-state index in [1.54, 1.807) is 0 Å². The van der Waals surface area contributed by atoms with Crippen molar-refractivity contribution >= 4 is 11.9 Å². The number of benzene rings is 2. The normalized spacial score (nSPS) is 11.6. The molecule has 0 aliphatic heterocycles. The lowest BCUT2D eigenvalue weighted by Gasteiger charge is -2.20. The van der Waals surface area contributed by atoms with Gasteiger partial charge < -0.3 is 16.4 Å². The van der Waals surface area contributed by atoms with Gasteiger partial charge in [0.25, 0.3) is 0 Å². The van der Waals surface area contributed by atoms with Crippen LogP contribution in [-0.2, 0) is 4.79 Å². The lowest BCUT2D eigenvalue weighted by molar-refractivity contribution is -0.121. The van der Waals surface area contributed by atoms with E-state index < -0.39 is 6.03 Å². The van der Waals surface area contributed by atoms with Crippen LogP contribution < -0.4 is 16.4 Å². The summed E-state index contributed by atoms with van der Waals surface area (Å²) in [6, 6.07) is 17.4. The van der Waals surface area contributed by atoms with Crippen molar-refractivity contribution in [3.8, 4) is 0 Å². The Kier molecular flexibility index (Phi) is 7.01. The van der Waals surface area contributed by atoms with Gasteiger partial charge in [-0.2, -0.15) is 0 Å². The summed E-state index contributed by atoms with van der Waals surface area (Å²) in [5, 5.41) is 5.64. The Labute approximate surface area is 148 Å². The van der Waals surface area contributed by atoms with Crippen LogP contribution in [0, 0.1) is 6.92 Å². The van der Waals surface area contributed by atoms with Crippen LogP contribution in [0.25, 0.3) is 0 Å². The van der Waals surface area contributed by atoms with Gasteiger partial charge in [0, 0.05) is 13.0 Å². The van der Waals surface area contributed by atoms with E-state index in [9.17, 15) is 9.59 Å². The Morgan fingerprint density at radius 1 is 0.960 bits per heavy atom. The Hall–Kier alpha value is -2.82. The van der Waals surface area contributed by atoms with Crippen molar-refractivity contribution in [1.29, 1.82) is 0 Å². The largest absolute Gasteiger partial charge is 0.352 e. The second-order valence-electron chi connectivity index (χ2n) is 6.07. The molecule has 4 N–H and O–H groups in total. The molecule has 0 saturated carbocycles. The van der Waals surface area contributed by atoms with E-state index in [2.05, 4.69) is 10.6 Å². The minimum Gasteiger partial charge on any atom is -0.352 e. The summed E-state index contributed by atoms with van der Waals surface area (Å²) in [6.07, 6.45) is 1.83. The van der Waals surface area contributed by atoms with Crippen molar-refractivity contribution in [1.82, 2.24) is 10.6 Å². The second-order valence-corrected chi connectivity index (χ2v) is 6.07. The molecule has 0 aliphatic carbocycles. The molecule has 2 aromatic rings. The fraction of sp³-hybridized carbons (Fsp3) is 0.300. The summed E-state index contributed by atoms with van der Waals surface area (Å²) in [6.45, 7) is 2.53. The molecule has 0 aromatic heterocycles. The molecule has 1 unspecified atom stereocenters. The van der Waals surface area contributed by atoms with Crippen LogP contribution in [0.4, 0.5) is 4.79 Å². The number of primary amides is 1. The fourth-order valence-electron chi connectivity index (χ4n) is 2.62. The molecule has 0 saturated heterocycles. The first kappa shape index (κ1) is 18.5. The molecular formula is C20H25N3O2. The molecule has 2 aromatic carbocycles. The van der Waals surface area contributed by atoms with Crippen molar-refractivity contribution in [2.45, 2.75) is 32.2 Å². The third kappa shape index (κ3) is 6.30. The van der Waals surface area contributed by atoms with E-state index in [1.807, 2.05) is 61.5 Å². The molecule has 0 radical (unpaired) electrons. The summed E-state index contributed by atoms with van der Waals surface area (Å²) >= 11 is 0. The molecule has 5 heteroatoms. The predicted octanol–water partition coefficient (Wildman–Crippen LogP) is 3.04. The first-order chi connectivity index (χ1) is 12.1. The van der Waals surface area contributed by atoms with Gasteiger partial charge in [-0.05, 0) is 30.9 Å². The SMILES string of the molecule is Cc1ccc(C(NC(=O)CCCCNC(N)=O)c2ccccc2)cc1. The topological polar surface area (TPSA) is 84.2 Å².